The van der Waals surface area contributed by atoms with Gasteiger partial charge in [0.2, 0.25) is 5.91 Å². The molecule has 0 spiro atoms. The number of hydrogen-bond acceptors (Lipinski definition) is 4. The molecule has 3 aliphatic rings. The highest BCUT2D eigenvalue weighted by atomic mass is 16.5. The third-order valence-corrected chi connectivity index (χ3v) is 6.04. The van der Waals surface area contributed by atoms with Crippen LogP contribution in [0, 0.1) is 11.8 Å². The van der Waals surface area contributed by atoms with E-state index in [1.165, 1.54) is 25.5 Å². The zero-order valence-corrected chi connectivity index (χ0v) is 14.8. The molecule has 5 heteroatoms. The monoisotopic (exact) mass is 342 g/mol. The number of fused-ring (bicyclic) bond motifs is 4. The molecule has 1 aromatic carbocycles. The van der Waals surface area contributed by atoms with Gasteiger partial charge in [-0.1, -0.05) is 12.1 Å². The summed E-state index contributed by atoms with van der Waals surface area (Å²) in [5.74, 6) is 1.30. The molecule has 0 aliphatic carbocycles. The Bertz CT molecular complexity index is 657. The SMILES string of the molecule is COC(=O)c1ccc(CN2C[C@@H]3C[C@@H](C2)[C@@H]2CCCC(=O)N2C3)cc1. The standard InChI is InChI=1S/C20H26N2O3/c1-25-20(24)16-7-5-14(6-8-16)10-21-11-15-9-17(13-21)18-3-2-4-19(23)22(18)12-15/h5-8,15,17-18H,2-4,9-13H2,1H3/t15-,17-,18-/m0/s1. The van der Waals surface area contributed by atoms with Gasteiger partial charge in [-0.2, -0.15) is 0 Å². The molecule has 134 valence electrons. The highest BCUT2D eigenvalue weighted by Crippen LogP contribution is 2.38. The topological polar surface area (TPSA) is 49.9 Å². The Morgan fingerprint density at radius 1 is 1.20 bits per heavy atom. The number of ether oxygens (including phenoxy) is 1. The van der Waals surface area contributed by atoms with Gasteiger partial charge in [-0.15, -0.1) is 0 Å². The Kier molecular flexibility index (Phi) is 4.50. The van der Waals surface area contributed by atoms with Gasteiger partial charge in [-0.05, 0) is 48.8 Å². The number of hydrogen-bond donors (Lipinski definition) is 0. The third kappa shape index (κ3) is 3.30. The zero-order chi connectivity index (χ0) is 17.4. The van der Waals surface area contributed by atoms with Crippen LogP contribution in [-0.2, 0) is 16.1 Å². The van der Waals surface area contributed by atoms with Crippen molar-refractivity contribution in [3.63, 3.8) is 0 Å². The maximum absolute atomic E-state index is 12.2. The number of carbonyl (C=O) groups excluding carboxylic acids is 2. The molecule has 0 unspecified atom stereocenters. The molecule has 3 heterocycles. The van der Waals surface area contributed by atoms with E-state index in [1.54, 1.807) is 0 Å². The van der Waals surface area contributed by atoms with Crippen LogP contribution in [0.15, 0.2) is 24.3 Å². The number of likely N-dealkylation sites (tertiary alicyclic amines) is 1. The van der Waals surface area contributed by atoms with E-state index in [0.717, 1.165) is 39.0 Å². The fourth-order valence-electron chi connectivity index (χ4n) is 4.96. The van der Waals surface area contributed by atoms with Gasteiger partial charge in [0, 0.05) is 38.6 Å². The fourth-order valence-corrected chi connectivity index (χ4v) is 4.96. The second kappa shape index (κ2) is 6.79. The van der Waals surface area contributed by atoms with Gasteiger partial charge >= 0.3 is 5.97 Å². The van der Waals surface area contributed by atoms with Crippen molar-refractivity contribution >= 4 is 11.9 Å². The van der Waals surface area contributed by atoms with Gasteiger partial charge in [0.05, 0.1) is 12.7 Å². The van der Waals surface area contributed by atoms with Gasteiger partial charge in [0.15, 0.2) is 0 Å². The Hall–Kier alpha value is -1.88. The molecule has 5 nitrogen and oxygen atoms in total. The van der Waals surface area contributed by atoms with Crippen LogP contribution in [0.5, 0.6) is 0 Å². The van der Waals surface area contributed by atoms with E-state index in [0.29, 0.717) is 29.3 Å². The van der Waals surface area contributed by atoms with Crippen LogP contribution in [0.2, 0.25) is 0 Å². The molecule has 0 saturated carbocycles. The van der Waals surface area contributed by atoms with Crippen molar-refractivity contribution < 1.29 is 14.3 Å². The average molecular weight is 342 g/mol. The lowest BCUT2D eigenvalue weighted by Gasteiger charge is -2.52. The zero-order valence-electron chi connectivity index (χ0n) is 14.8. The van der Waals surface area contributed by atoms with E-state index in [4.69, 9.17) is 4.74 Å². The Labute approximate surface area is 148 Å². The number of amides is 1. The van der Waals surface area contributed by atoms with Crippen LogP contribution in [0.4, 0.5) is 0 Å². The second-order valence-electron chi connectivity index (χ2n) is 7.75. The molecule has 1 amide bonds. The Morgan fingerprint density at radius 3 is 2.76 bits per heavy atom. The minimum atomic E-state index is -0.291. The first-order valence-electron chi connectivity index (χ1n) is 9.33. The molecule has 4 rings (SSSR count). The molecule has 3 fully saturated rings. The number of benzene rings is 1. The number of piperidine rings is 3. The lowest BCUT2D eigenvalue weighted by atomic mass is 9.76. The summed E-state index contributed by atoms with van der Waals surface area (Å²) < 4.78 is 4.75. The summed E-state index contributed by atoms with van der Waals surface area (Å²) in [7, 11) is 1.40. The summed E-state index contributed by atoms with van der Waals surface area (Å²) in [4.78, 5) is 28.5. The highest BCUT2D eigenvalue weighted by molar-refractivity contribution is 5.89. The quantitative estimate of drug-likeness (QED) is 0.791. The van der Waals surface area contributed by atoms with Crippen molar-refractivity contribution in [2.75, 3.05) is 26.7 Å². The van der Waals surface area contributed by atoms with Crippen molar-refractivity contribution in [3.05, 3.63) is 35.4 Å². The molecule has 1 aromatic rings. The molecular weight excluding hydrogens is 316 g/mol. The van der Waals surface area contributed by atoms with Crippen LogP contribution in [-0.4, -0.2) is 54.5 Å². The van der Waals surface area contributed by atoms with Crippen molar-refractivity contribution in [2.24, 2.45) is 11.8 Å². The third-order valence-electron chi connectivity index (χ3n) is 6.04. The minimum Gasteiger partial charge on any atom is -0.465 e. The maximum atomic E-state index is 12.2. The smallest absolute Gasteiger partial charge is 0.337 e. The number of methoxy groups -OCH3 is 1. The van der Waals surface area contributed by atoms with Crippen LogP contribution in [0.25, 0.3) is 0 Å². The molecule has 3 aliphatic heterocycles. The first-order valence-corrected chi connectivity index (χ1v) is 9.33. The van der Waals surface area contributed by atoms with Crippen LogP contribution in [0.1, 0.15) is 41.6 Å². The van der Waals surface area contributed by atoms with Crippen LogP contribution >= 0.6 is 0 Å². The predicted molar refractivity (Wildman–Crippen MR) is 94.0 cm³/mol. The first-order chi connectivity index (χ1) is 12.1. The number of nitrogens with zero attached hydrogens (tertiary/aromatic N) is 2. The predicted octanol–water partition coefficient (Wildman–Crippen LogP) is 2.31. The second-order valence-corrected chi connectivity index (χ2v) is 7.75. The van der Waals surface area contributed by atoms with E-state index < -0.39 is 0 Å². The molecule has 2 bridgehead atoms. The largest absolute Gasteiger partial charge is 0.465 e. The van der Waals surface area contributed by atoms with E-state index >= 15 is 0 Å². The summed E-state index contributed by atoms with van der Waals surface area (Å²) in [5, 5.41) is 0. The van der Waals surface area contributed by atoms with E-state index in [2.05, 4.69) is 9.80 Å². The lowest BCUT2D eigenvalue weighted by molar-refractivity contribution is -0.145. The number of esters is 1. The molecule has 0 aromatic heterocycles. The van der Waals surface area contributed by atoms with Gasteiger partial charge in [-0.3, -0.25) is 9.69 Å². The Morgan fingerprint density at radius 2 is 2.00 bits per heavy atom. The number of carbonyl (C=O) groups is 2. The molecular formula is C20H26N2O3. The normalized spacial score (nSPS) is 29.2. The average Bonchev–Trinajstić information content (AvgIpc) is 2.62. The minimum absolute atomic E-state index is 0.291. The summed E-state index contributed by atoms with van der Waals surface area (Å²) in [6.45, 7) is 3.99. The lowest BCUT2D eigenvalue weighted by Crippen LogP contribution is -2.60. The van der Waals surface area contributed by atoms with E-state index in [1.807, 2.05) is 24.3 Å². The molecule has 3 saturated heterocycles. The Balaban J connectivity index is 1.42. The van der Waals surface area contributed by atoms with E-state index in [9.17, 15) is 9.59 Å². The van der Waals surface area contributed by atoms with Crippen molar-refractivity contribution in [3.8, 4) is 0 Å². The van der Waals surface area contributed by atoms with Gasteiger partial charge in [0.1, 0.15) is 0 Å². The summed E-state index contributed by atoms with van der Waals surface area (Å²) in [6.07, 6.45) is 4.24. The van der Waals surface area contributed by atoms with Gasteiger partial charge < -0.3 is 9.64 Å². The fraction of sp³-hybridized carbons (Fsp3) is 0.600. The first kappa shape index (κ1) is 16.6. The van der Waals surface area contributed by atoms with E-state index in [-0.39, 0.29) is 5.97 Å². The molecule has 0 N–H and O–H groups in total. The summed E-state index contributed by atoms with van der Waals surface area (Å²) in [5.41, 5.74) is 1.82. The van der Waals surface area contributed by atoms with Crippen molar-refractivity contribution in [1.82, 2.24) is 9.80 Å². The number of rotatable bonds is 3. The molecule has 25 heavy (non-hydrogen) atoms. The van der Waals surface area contributed by atoms with Gasteiger partial charge in [0.25, 0.3) is 0 Å². The molecule has 0 radical (unpaired) electrons. The molecule has 3 atom stereocenters. The highest BCUT2D eigenvalue weighted by Gasteiger charge is 2.43. The van der Waals surface area contributed by atoms with Crippen molar-refractivity contribution in [2.45, 2.75) is 38.3 Å². The van der Waals surface area contributed by atoms with Crippen LogP contribution in [0.3, 0.4) is 0 Å². The summed E-state index contributed by atoms with van der Waals surface area (Å²) in [6, 6.07) is 8.18. The van der Waals surface area contributed by atoms with Crippen LogP contribution < -0.4 is 0 Å². The van der Waals surface area contributed by atoms with Gasteiger partial charge in [-0.25, -0.2) is 4.79 Å². The van der Waals surface area contributed by atoms with Crippen molar-refractivity contribution in [1.29, 1.82) is 0 Å². The maximum Gasteiger partial charge on any atom is 0.337 e. The summed E-state index contributed by atoms with van der Waals surface area (Å²) >= 11 is 0.